The third-order valence-corrected chi connectivity index (χ3v) is 8.30. The van der Waals surface area contributed by atoms with Gasteiger partial charge in [-0.2, -0.15) is 0 Å². The molecule has 0 N–H and O–H groups in total. The van der Waals surface area contributed by atoms with Crippen LogP contribution in [0.15, 0.2) is 162 Å². The Balaban J connectivity index is 1.36. The van der Waals surface area contributed by atoms with E-state index in [1.165, 1.54) is 0 Å². The lowest BCUT2D eigenvalue weighted by Crippen LogP contribution is -1.91. The molecule has 0 spiro atoms. The van der Waals surface area contributed by atoms with E-state index < -0.39 is 18.1 Å². The van der Waals surface area contributed by atoms with Gasteiger partial charge in [0.2, 0.25) is 0 Å². The van der Waals surface area contributed by atoms with E-state index in [4.69, 9.17) is 12.6 Å². The molecular weight excluding hydrogens is 520 g/mol. The summed E-state index contributed by atoms with van der Waals surface area (Å²) >= 11 is 0. The van der Waals surface area contributed by atoms with E-state index in [2.05, 4.69) is 36.4 Å². The minimum Gasteiger partial charge on any atom is -0.456 e. The largest absolute Gasteiger partial charge is 0.456 e. The second-order valence-electron chi connectivity index (χ2n) is 10.7. The van der Waals surface area contributed by atoms with E-state index in [1.54, 1.807) is 0 Å². The lowest BCUT2D eigenvalue weighted by molar-refractivity contribution is 0.669. The SMILES string of the molecule is [2H]c1c([2H])c([2H])c2c([2H])c(-c3c4ccccc4c(-c4ccc5c(c4)oc4cccc(-c6ccccc6)c45)c4ccccc34)c([2H])c([2H])c2c1[2H]. The summed E-state index contributed by atoms with van der Waals surface area (Å²) in [7, 11) is 0. The minimum absolute atomic E-state index is 0.0607. The van der Waals surface area contributed by atoms with Gasteiger partial charge < -0.3 is 4.42 Å². The van der Waals surface area contributed by atoms with Crippen LogP contribution < -0.4 is 0 Å². The Morgan fingerprint density at radius 2 is 1.09 bits per heavy atom. The van der Waals surface area contributed by atoms with Gasteiger partial charge in [0.25, 0.3) is 0 Å². The van der Waals surface area contributed by atoms with Gasteiger partial charge in [0, 0.05) is 10.8 Å². The summed E-state index contributed by atoms with van der Waals surface area (Å²) < 4.78 is 67.6. The highest BCUT2D eigenvalue weighted by molar-refractivity contribution is 6.22. The summed E-state index contributed by atoms with van der Waals surface area (Å²) in [5.41, 5.74) is 6.39. The molecule has 1 heteroatoms. The first-order valence-corrected chi connectivity index (χ1v) is 14.2. The zero-order valence-electron chi connectivity index (χ0n) is 29.9. The second kappa shape index (κ2) is 9.44. The van der Waals surface area contributed by atoms with Crippen LogP contribution in [0.4, 0.5) is 0 Å². The molecule has 0 aliphatic rings. The molecule has 0 unspecified atom stereocenters. The van der Waals surface area contributed by atoms with Crippen LogP contribution in [0.1, 0.15) is 9.60 Å². The topological polar surface area (TPSA) is 13.1 Å². The van der Waals surface area contributed by atoms with Gasteiger partial charge in [-0.15, -0.1) is 0 Å². The first-order chi connectivity index (χ1) is 24.3. The molecule has 0 atom stereocenters. The van der Waals surface area contributed by atoms with E-state index in [1.807, 2.05) is 78.9 Å². The third-order valence-electron chi connectivity index (χ3n) is 8.30. The summed E-state index contributed by atoms with van der Waals surface area (Å²) in [6.07, 6.45) is 0. The van der Waals surface area contributed by atoms with Gasteiger partial charge in [-0.3, -0.25) is 0 Å². The second-order valence-corrected chi connectivity index (χ2v) is 10.7. The molecule has 8 aromatic carbocycles. The molecule has 9 rings (SSSR count). The van der Waals surface area contributed by atoms with Crippen molar-refractivity contribution < 1.29 is 14.0 Å². The zero-order chi connectivity index (χ0) is 34.4. The zero-order valence-corrected chi connectivity index (χ0v) is 22.9. The maximum absolute atomic E-state index is 9.35. The highest BCUT2D eigenvalue weighted by atomic mass is 16.3. The lowest BCUT2D eigenvalue weighted by Gasteiger charge is -2.18. The number of hydrogen-bond acceptors (Lipinski definition) is 1. The van der Waals surface area contributed by atoms with E-state index in [0.717, 1.165) is 65.7 Å². The Kier molecular flexibility index (Phi) is 3.95. The van der Waals surface area contributed by atoms with Gasteiger partial charge in [0.1, 0.15) is 11.2 Å². The standard InChI is InChI=1S/C42H26O/c1-2-12-28(13-3-1)32-19-10-20-38-42(32)37-24-23-31(26-39(37)43-38)41-35-17-8-6-15-33(35)40(34-16-7-9-18-36(34)41)30-22-21-27-11-4-5-14-29(27)25-30/h1-26H/i4D,5D,11D,14D,21D,22D,25D. The van der Waals surface area contributed by atoms with Crippen molar-refractivity contribution in [3.63, 3.8) is 0 Å². The minimum atomic E-state index is -0.486. The summed E-state index contributed by atoms with van der Waals surface area (Å²) in [4.78, 5) is 0. The molecule has 0 amide bonds. The van der Waals surface area contributed by atoms with Crippen molar-refractivity contribution in [3.8, 4) is 33.4 Å². The number of benzene rings is 8. The molecule has 0 aliphatic carbocycles. The van der Waals surface area contributed by atoms with Crippen molar-refractivity contribution in [1.82, 2.24) is 0 Å². The molecule has 0 fully saturated rings. The van der Waals surface area contributed by atoms with Crippen LogP contribution in [0, 0.1) is 0 Å². The highest BCUT2D eigenvalue weighted by Crippen LogP contribution is 2.45. The van der Waals surface area contributed by atoms with Crippen molar-refractivity contribution in [1.29, 1.82) is 0 Å². The van der Waals surface area contributed by atoms with Crippen LogP contribution in [0.25, 0.3) is 87.6 Å². The molecule has 1 nitrogen and oxygen atoms in total. The number of rotatable bonds is 3. The lowest BCUT2D eigenvalue weighted by atomic mass is 9.85. The quantitative estimate of drug-likeness (QED) is 0.198. The average molecular weight is 554 g/mol. The Hall–Kier alpha value is -5.66. The Morgan fingerprint density at radius 1 is 0.442 bits per heavy atom. The van der Waals surface area contributed by atoms with E-state index >= 15 is 0 Å². The summed E-state index contributed by atoms with van der Waals surface area (Å²) in [5, 5.41) is 5.16. The molecular formula is C42H26O. The first kappa shape index (κ1) is 18.0. The Morgan fingerprint density at radius 3 is 1.81 bits per heavy atom. The predicted molar refractivity (Wildman–Crippen MR) is 183 cm³/mol. The predicted octanol–water partition coefficient (Wildman–Crippen LogP) is 12.0. The molecule has 0 aliphatic heterocycles. The maximum atomic E-state index is 9.35. The molecule has 9 aromatic rings. The van der Waals surface area contributed by atoms with Crippen LogP contribution in [0.2, 0.25) is 0 Å². The molecule has 0 radical (unpaired) electrons. The van der Waals surface area contributed by atoms with Crippen molar-refractivity contribution in [2.24, 2.45) is 0 Å². The van der Waals surface area contributed by atoms with Crippen molar-refractivity contribution in [2.75, 3.05) is 0 Å². The van der Waals surface area contributed by atoms with Crippen LogP contribution in [-0.4, -0.2) is 0 Å². The van der Waals surface area contributed by atoms with Crippen LogP contribution >= 0.6 is 0 Å². The molecule has 0 saturated heterocycles. The number of hydrogen-bond donors (Lipinski definition) is 0. The van der Waals surface area contributed by atoms with E-state index in [9.17, 15) is 1.37 Å². The molecule has 0 bridgehead atoms. The van der Waals surface area contributed by atoms with Crippen molar-refractivity contribution in [3.05, 3.63) is 158 Å². The first-order valence-electron chi connectivity index (χ1n) is 17.7. The fourth-order valence-corrected chi connectivity index (χ4v) is 6.45. The van der Waals surface area contributed by atoms with E-state index in [0.29, 0.717) is 5.56 Å². The Bertz CT molecular complexity index is 2840. The fourth-order valence-electron chi connectivity index (χ4n) is 6.45. The summed E-state index contributed by atoms with van der Waals surface area (Å²) in [5.74, 6) is 0. The van der Waals surface area contributed by atoms with Crippen LogP contribution in [-0.2, 0) is 0 Å². The van der Waals surface area contributed by atoms with Gasteiger partial charge in [0.05, 0.1) is 9.60 Å². The normalized spacial score (nSPS) is 14.0. The fraction of sp³-hybridized carbons (Fsp3) is 0. The van der Waals surface area contributed by atoms with Crippen LogP contribution in [0.5, 0.6) is 0 Å². The van der Waals surface area contributed by atoms with Gasteiger partial charge in [-0.1, -0.05) is 133 Å². The third kappa shape index (κ3) is 3.72. The Labute approximate surface area is 259 Å². The molecule has 1 aromatic heterocycles. The van der Waals surface area contributed by atoms with Gasteiger partial charge in [-0.05, 0) is 89.9 Å². The van der Waals surface area contributed by atoms with Gasteiger partial charge in [-0.25, -0.2) is 0 Å². The average Bonchev–Trinajstić information content (AvgIpc) is 3.52. The molecule has 200 valence electrons. The van der Waals surface area contributed by atoms with Crippen molar-refractivity contribution in [2.45, 2.75) is 0 Å². The van der Waals surface area contributed by atoms with Crippen molar-refractivity contribution >= 4 is 54.3 Å². The molecule has 0 saturated carbocycles. The van der Waals surface area contributed by atoms with Crippen LogP contribution in [0.3, 0.4) is 0 Å². The monoisotopic (exact) mass is 553 g/mol. The number of fused-ring (bicyclic) bond motifs is 6. The number of furan rings is 1. The maximum Gasteiger partial charge on any atom is 0.136 e. The van der Waals surface area contributed by atoms with Gasteiger partial charge in [0.15, 0.2) is 0 Å². The summed E-state index contributed by atoms with van der Waals surface area (Å²) in [6, 6.07) is 35.7. The van der Waals surface area contributed by atoms with E-state index in [-0.39, 0.29) is 40.5 Å². The highest BCUT2D eigenvalue weighted by Gasteiger charge is 2.19. The molecule has 1 heterocycles. The van der Waals surface area contributed by atoms with Gasteiger partial charge >= 0.3 is 0 Å². The molecule has 43 heavy (non-hydrogen) atoms. The smallest absolute Gasteiger partial charge is 0.136 e. The summed E-state index contributed by atoms with van der Waals surface area (Å²) in [6.45, 7) is 0.